The topological polar surface area (TPSA) is 818 Å². The fraction of sp³-hybridized carbons (Fsp3) is 0.941. The van der Waals surface area contributed by atoms with Gasteiger partial charge in [-0.1, -0.05) is 0 Å². The Kier molecular flexibility index (Phi) is 35.3. The summed E-state index contributed by atoms with van der Waals surface area (Å²) < 4.78 is 113. The maximum Gasteiger partial charge on any atom is 0.217 e. The smallest absolute Gasteiger partial charge is 0.217 e. The number of carbonyl (C=O) groups excluding carboxylic acids is 4. The number of rotatable bonds is 30. The van der Waals surface area contributed by atoms with Crippen LogP contribution in [0, 0.1) is 0 Å². The predicted octanol–water partition coefficient (Wildman–Crippen LogP) is -20.2. The van der Waals surface area contributed by atoms with Crippen LogP contribution >= 0.6 is 0 Å². The molecule has 50 atom stereocenters. The number of aliphatic hydroxyl groups is 26. The van der Waals surface area contributed by atoms with Crippen LogP contribution in [0.3, 0.4) is 0 Å². The highest BCUT2D eigenvalue weighted by Gasteiger charge is 2.62. The van der Waals surface area contributed by atoms with Gasteiger partial charge in [-0.3, -0.25) is 19.2 Å². The molecule has 10 aliphatic heterocycles. The summed E-state index contributed by atoms with van der Waals surface area (Å²) in [5.74, 6) is -3.80. The third-order valence-electron chi connectivity index (χ3n) is 22.4. The van der Waals surface area contributed by atoms with Crippen LogP contribution in [-0.4, -0.2) is 516 Å². The van der Waals surface area contributed by atoms with Crippen molar-refractivity contribution < 1.29 is 242 Å². The molecule has 53 nitrogen and oxygen atoms in total. The molecule has 53 heteroatoms. The van der Waals surface area contributed by atoms with Gasteiger partial charge in [0.1, 0.15) is 232 Å². The maximum atomic E-state index is 13.6. The minimum atomic E-state index is -2.51. The van der Waals surface area contributed by atoms with Crippen molar-refractivity contribution in [3.05, 3.63) is 0 Å². The van der Waals surface area contributed by atoms with Gasteiger partial charge in [0, 0.05) is 27.7 Å². The zero-order valence-corrected chi connectivity index (χ0v) is 65.5. The van der Waals surface area contributed by atoms with Crippen LogP contribution in [0.25, 0.3) is 0 Å². The van der Waals surface area contributed by atoms with E-state index in [9.17, 15) is 152 Å². The highest BCUT2D eigenvalue weighted by Crippen LogP contribution is 2.41. The summed E-state index contributed by atoms with van der Waals surface area (Å²) in [4.78, 5) is 52.5. The molecule has 0 aromatic heterocycles. The van der Waals surface area contributed by atoms with E-state index in [1.54, 1.807) is 0 Å². The Bertz CT molecular complexity index is 3270. The lowest BCUT2D eigenvalue weighted by atomic mass is 9.93. The number of hydrogen-bond acceptors (Lipinski definition) is 49. The quantitative estimate of drug-likeness (QED) is 0.0318. The van der Waals surface area contributed by atoms with Crippen molar-refractivity contribution in [3.8, 4) is 0 Å². The van der Waals surface area contributed by atoms with E-state index in [-0.39, 0.29) is 0 Å². The molecule has 4 amide bonds. The van der Waals surface area contributed by atoms with Crippen LogP contribution < -0.4 is 21.3 Å². The van der Waals surface area contributed by atoms with Crippen molar-refractivity contribution in [1.29, 1.82) is 0 Å². The molecule has 0 aliphatic carbocycles. The van der Waals surface area contributed by atoms with E-state index in [1.807, 2.05) is 0 Å². The number of carbonyl (C=O) groups is 4. The van der Waals surface area contributed by atoms with Gasteiger partial charge in [0.2, 0.25) is 23.6 Å². The fourth-order valence-electron chi connectivity index (χ4n) is 15.8. The average molecular weight is 1770 g/mol. The van der Waals surface area contributed by atoms with Crippen molar-refractivity contribution in [1.82, 2.24) is 21.3 Å². The highest BCUT2D eigenvalue weighted by atomic mass is 16.8. The molecule has 10 fully saturated rings. The summed E-state index contributed by atoms with van der Waals surface area (Å²) in [5, 5.41) is 300. The van der Waals surface area contributed by atoms with Gasteiger partial charge in [-0.2, -0.15) is 0 Å². The molecule has 10 aliphatic rings. The van der Waals surface area contributed by atoms with Crippen LogP contribution in [0.4, 0.5) is 0 Å². The molecule has 10 saturated heterocycles. The molecule has 121 heavy (non-hydrogen) atoms. The van der Waals surface area contributed by atoms with Crippen LogP contribution in [0.1, 0.15) is 41.5 Å². The molecule has 1 unspecified atom stereocenters. The van der Waals surface area contributed by atoms with Crippen molar-refractivity contribution in [2.45, 2.75) is 348 Å². The van der Waals surface area contributed by atoms with E-state index in [2.05, 4.69) is 21.3 Å². The number of nitrogens with one attached hydrogen (secondary N) is 4. The maximum absolute atomic E-state index is 13.6. The van der Waals surface area contributed by atoms with E-state index < -0.39 is 383 Å². The van der Waals surface area contributed by atoms with Crippen LogP contribution in [0.2, 0.25) is 0 Å². The summed E-state index contributed by atoms with van der Waals surface area (Å²) in [6, 6.07) is -7.67. The SMILES string of the molecule is CC(=O)N[C@H]1[C@H](O[C@H]2[C@@H](O)[C@@H](CO)O[C@@H](O[C@H]3[C@H](O)[C@@H](CO)O[C@@H](O[C@H]4[C@@H](O)[C@@H](CO)O[C@@H](O[C@H]5[C@@H](O)[C@@H](CO[C@@H]6O[C@H](CO)[C@@H](O)[C@H](O[C@@H]7O[C@H](CO)[C@H](O)[C@H](O)[C@H]7O)[C@H]6NC(C)=O)OC(O)[C@@H]5NC(C)=O)[C@@H]4O)[C@@H]3NC(C)=O)[C@@H]2O)O[C@H](CO)[C@@H](O[C@@H]2O[C@@H](C)[C@@H](O)[C@@H](O)[C@@H]2O)[C@@H]1O[C@@H]1O[C@H](CO)[C@H](O)[C@H](O)[C@H]1O[C@@H]1O[C@@H](C)[C@@H](O)[C@@H](O)[C@@H]1O. The lowest BCUT2D eigenvalue weighted by Crippen LogP contribution is -2.72. The number of ether oxygens (including phenoxy) is 19. The first kappa shape index (κ1) is 99.2. The number of aliphatic hydroxyl groups excluding tert-OH is 26. The zero-order valence-electron chi connectivity index (χ0n) is 65.5. The second-order valence-electron chi connectivity index (χ2n) is 30.9. The van der Waals surface area contributed by atoms with E-state index >= 15 is 0 Å². The fourth-order valence-corrected chi connectivity index (χ4v) is 15.8. The van der Waals surface area contributed by atoms with E-state index in [1.165, 1.54) is 13.8 Å². The largest absolute Gasteiger partial charge is 0.394 e. The summed E-state index contributed by atoms with van der Waals surface area (Å²) in [6.45, 7) is -2.48. The third kappa shape index (κ3) is 21.8. The van der Waals surface area contributed by atoms with E-state index in [0.717, 1.165) is 27.7 Å². The second kappa shape index (κ2) is 43.0. The molecule has 0 aromatic rings. The van der Waals surface area contributed by atoms with Gasteiger partial charge in [0.15, 0.2) is 62.9 Å². The summed E-state index contributed by atoms with van der Waals surface area (Å²) in [5.41, 5.74) is 0. The van der Waals surface area contributed by atoms with E-state index in [0.29, 0.717) is 0 Å². The minimum absolute atomic E-state index is 0.847. The lowest BCUT2D eigenvalue weighted by Gasteiger charge is -2.52. The Morgan fingerprint density at radius 2 is 0.496 bits per heavy atom. The molecule has 0 aromatic carbocycles. The Morgan fingerprint density at radius 1 is 0.231 bits per heavy atom. The molecular weight excluding hydrogens is 1660 g/mol. The summed E-state index contributed by atoms with van der Waals surface area (Å²) in [7, 11) is 0. The summed E-state index contributed by atoms with van der Waals surface area (Å²) >= 11 is 0. The number of amides is 4. The zero-order chi connectivity index (χ0) is 89.1. The minimum Gasteiger partial charge on any atom is -0.394 e. The van der Waals surface area contributed by atoms with Gasteiger partial charge in [0.05, 0.1) is 65.1 Å². The van der Waals surface area contributed by atoms with Crippen molar-refractivity contribution >= 4 is 23.6 Å². The molecular formula is C68H114N4O49. The molecule has 10 heterocycles. The molecule has 0 radical (unpaired) electrons. The molecule has 10 rings (SSSR count). The first-order valence-electron chi connectivity index (χ1n) is 38.9. The molecule has 700 valence electrons. The van der Waals surface area contributed by atoms with Gasteiger partial charge in [-0.15, -0.1) is 0 Å². The first-order valence-corrected chi connectivity index (χ1v) is 38.9. The van der Waals surface area contributed by atoms with Crippen LogP contribution in [-0.2, 0) is 109 Å². The van der Waals surface area contributed by atoms with Crippen molar-refractivity contribution in [2.75, 3.05) is 52.9 Å². The Hall–Kier alpha value is -3.92. The Morgan fingerprint density at radius 3 is 0.901 bits per heavy atom. The van der Waals surface area contributed by atoms with Gasteiger partial charge in [-0.25, -0.2) is 0 Å². The molecule has 0 bridgehead atoms. The average Bonchev–Trinajstić information content (AvgIpc) is 0.756. The number of hydrogen-bond donors (Lipinski definition) is 30. The van der Waals surface area contributed by atoms with Gasteiger partial charge in [0.25, 0.3) is 0 Å². The molecule has 0 saturated carbocycles. The van der Waals surface area contributed by atoms with Crippen LogP contribution in [0.15, 0.2) is 0 Å². The second-order valence-corrected chi connectivity index (χ2v) is 30.9. The van der Waals surface area contributed by atoms with Crippen LogP contribution in [0.5, 0.6) is 0 Å². The third-order valence-corrected chi connectivity index (χ3v) is 22.4. The van der Waals surface area contributed by atoms with Gasteiger partial charge in [-0.05, 0) is 13.8 Å². The Balaban J connectivity index is 0.917. The van der Waals surface area contributed by atoms with Gasteiger partial charge >= 0.3 is 0 Å². The summed E-state index contributed by atoms with van der Waals surface area (Å²) in [6.07, 6.45) is -93.6. The molecule has 0 spiro atoms. The Labute approximate surface area is 686 Å². The normalized spacial score (nSPS) is 50.0. The van der Waals surface area contributed by atoms with E-state index in [4.69, 9.17) is 90.0 Å². The predicted molar refractivity (Wildman–Crippen MR) is 373 cm³/mol. The molecule has 30 N–H and O–H groups in total. The lowest BCUT2D eigenvalue weighted by molar-refractivity contribution is -0.400. The van der Waals surface area contributed by atoms with Gasteiger partial charge < -0.3 is 244 Å². The monoisotopic (exact) mass is 1770 g/mol. The highest BCUT2D eigenvalue weighted by molar-refractivity contribution is 5.74. The first-order chi connectivity index (χ1) is 57.2. The van der Waals surface area contributed by atoms with Crippen molar-refractivity contribution in [3.63, 3.8) is 0 Å². The van der Waals surface area contributed by atoms with Crippen molar-refractivity contribution in [2.24, 2.45) is 0 Å². The standard InChI is InChI=1S/C68H114N4O49/c1-15-33(84)42(93)46(97)63(104-15)114-51-27(13-79)113-62(32(72-20(6)83)55(51)118-68-58(45(96)36(87)22(8-74)112-68)121-64-47(98)43(94)34(85)16(2)105-64)120-57-40(91)26(12-78)111-67(50(57)101)117-54-31(71-19(5)82)61(108-24(10-76)38(54)89)119-56-39(90)25(11-77)110-66(49(56)100)115-52-29(69-17(3)80)59(102)106-28(41(52)92)14-103-60-30(70-18(4)81)53(37(88)23(9-75)107-60)116-65-48(99)44(95)35(86)21(7-73)109-65/h15-16,21-68,73-79,84-102H,7-14H2,1-6H3,(H,69,80)(H,70,81)(H,71,82)(H,72,83)/t15-,16-,21+,22+,23+,24+,25+,26+,27+,28+,29+,30+,31+,32+,33+,34+,35-,36-,37+,38+,39-,40-,41-,42+,43+,44-,45-,46-,47-,48+,49+,50+,51+,52+,53+,54+,55+,56-,57-,58+,59?,60+,61-,62-,63-,64-,65-,66-,67-,68-/m0/s1.